The fraction of sp³-hybridized carbons (Fsp3) is 0.750. The average Bonchev–Trinajstić information content (AvgIpc) is 2.98. The topological polar surface area (TPSA) is 58.4 Å². The molecule has 1 aromatic heterocycles. The second-order valence-electron chi connectivity index (χ2n) is 7.66. The van der Waals surface area contributed by atoms with Crippen LogP contribution in [0, 0.1) is 11.3 Å². The van der Waals surface area contributed by atoms with Crippen LogP contribution in [-0.2, 0) is 0 Å². The first-order valence-corrected chi connectivity index (χ1v) is 7.80. The smallest absolute Gasteiger partial charge is 0.273 e. The van der Waals surface area contributed by atoms with E-state index < -0.39 is 0 Å². The fourth-order valence-electron chi connectivity index (χ4n) is 3.22. The van der Waals surface area contributed by atoms with E-state index in [1.54, 1.807) is 6.07 Å². The number of carbonyl (C=O) groups is 1. The molecule has 2 heterocycles. The van der Waals surface area contributed by atoms with Gasteiger partial charge in [-0.05, 0) is 31.2 Å². The van der Waals surface area contributed by atoms with E-state index in [1.165, 1.54) is 0 Å². The van der Waals surface area contributed by atoms with Gasteiger partial charge in [-0.1, -0.05) is 25.9 Å². The third-order valence-corrected chi connectivity index (χ3v) is 4.67. The van der Waals surface area contributed by atoms with E-state index in [9.17, 15) is 4.79 Å². The van der Waals surface area contributed by atoms with Gasteiger partial charge in [0.25, 0.3) is 5.91 Å². The van der Waals surface area contributed by atoms with E-state index in [4.69, 9.17) is 4.52 Å². The predicted molar refractivity (Wildman–Crippen MR) is 80.2 cm³/mol. The molecule has 1 saturated heterocycles. The molecular weight excluding hydrogens is 266 g/mol. The van der Waals surface area contributed by atoms with Crippen LogP contribution < -0.4 is 5.32 Å². The van der Waals surface area contributed by atoms with Crippen LogP contribution in [0.3, 0.4) is 0 Å². The van der Waals surface area contributed by atoms with Crippen molar-refractivity contribution in [2.24, 2.45) is 11.3 Å². The zero-order valence-corrected chi connectivity index (χ0v) is 13.3. The maximum atomic E-state index is 12.4. The quantitative estimate of drug-likeness (QED) is 0.928. The Morgan fingerprint density at radius 3 is 2.71 bits per heavy atom. The van der Waals surface area contributed by atoms with Crippen LogP contribution in [0.25, 0.3) is 0 Å². The molecule has 2 atom stereocenters. The molecule has 0 aromatic carbocycles. The lowest BCUT2D eigenvalue weighted by molar-refractivity contribution is 0.0903. The predicted octanol–water partition coefficient (Wildman–Crippen LogP) is 2.26. The molecule has 2 fully saturated rings. The molecule has 5 heteroatoms. The third-order valence-electron chi connectivity index (χ3n) is 4.67. The third kappa shape index (κ3) is 3.12. The standard InChI is InChI=1S/C16H25N3O2/c1-16(2,3)11-8-19(4)9-13(11)17-15(20)12-7-14(21-18-12)10-5-6-10/h7,10-11,13H,5-6,8-9H2,1-4H3,(H,17,20). The lowest BCUT2D eigenvalue weighted by Crippen LogP contribution is -2.44. The molecule has 1 aliphatic heterocycles. The molecule has 1 aromatic rings. The van der Waals surface area contributed by atoms with Gasteiger partial charge in [0.1, 0.15) is 5.76 Å². The average molecular weight is 291 g/mol. The highest BCUT2D eigenvalue weighted by Gasteiger charge is 2.39. The van der Waals surface area contributed by atoms with Crippen LogP contribution in [0.15, 0.2) is 10.6 Å². The van der Waals surface area contributed by atoms with Gasteiger partial charge in [0.15, 0.2) is 5.69 Å². The number of nitrogens with one attached hydrogen (secondary N) is 1. The highest BCUT2D eigenvalue weighted by Crippen LogP contribution is 2.40. The number of likely N-dealkylation sites (N-methyl/N-ethyl adjacent to an activating group) is 1. The van der Waals surface area contributed by atoms with Crippen molar-refractivity contribution < 1.29 is 9.32 Å². The summed E-state index contributed by atoms with van der Waals surface area (Å²) in [5.74, 6) is 1.68. The van der Waals surface area contributed by atoms with Gasteiger partial charge >= 0.3 is 0 Å². The molecule has 0 bridgehead atoms. The van der Waals surface area contributed by atoms with Crippen molar-refractivity contribution in [3.05, 3.63) is 17.5 Å². The monoisotopic (exact) mass is 291 g/mol. The van der Waals surface area contributed by atoms with Crippen molar-refractivity contribution >= 4 is 5.91 Å². The Morgan fingerprint density at radius 2 is 2.10 bits per heavy atom. The molecule has 116 valence electrons. The van der Waals surface area contributed by atoms with Crippen molar-refractivity contribution in [2.75, 3.05) is 20.1 Å². The Hall–Kier alpha value is -1.36. The molecule has 1 aliphatic carbocycles. The number of hydrogen-bond acceptors (Lipinski definition) is 4. The number of aromatic nitrogens is 1. The van der Waals surface area contributed by atoms with Crippen LogP contribution in [0.1, 0.15) is 55.8 Å². The minimum Gasteiger partial charge on any atom is -0.360 e. The number of nitrogens with zero attached hydrogens (tertiary/aromatic N) is 2. The second kappa shape index (κ2) is 5.13. The molecule has 1 saturated carbocycles. The van der Waals surface area contributed by atoms with Crippen molar-refractivity contribution in [2.45, 2.75) is 45.6 Å². The lowest BCUT2D eigenvalue weighted by atomic mass is 9.78. The Bertz CT molecular complexity index is 528. The van der Waals surface area contributed by atoms with Crippen LogP contribution in [0.5, 0.6) is 0 Å². The molecule has 5 nitrogen and oxygen atoms in total. The summed E-state index contributed by atoms with van der Waals surface area (Å²) in [6, 6.07) is 1.97. The minimum atomic E-state index is -0.111. The first-order chi connectivity index (χ1) is 9.84. The first-order valence-electron chi connectivity index (χ1n) is 7.80. The zero-order chi connectivity index (χ0) is 15.2. The van der Waals surface area contributed by atoms with Gasteiger partial charge in [-0.3, -0.25) is 4.79 Å². The number of amides is 1. The molecule has 1 amide bonds. The molecule has 0 radical (unpaired) electrons. The van der Waals surface area contributed by atoms with Crippen LogP contribution >= 0.6 is 0 Å². The normalized spacial score (nSPS) is 27.0. The van der Waals surface area contributed by atoms with Gasteiger partial charge in [0, 0.05) is 31.1 Å². The molecule has 1 N–H and O–H groups in total. The van der Waals surface area contributed by atoms with Crippen molar-refractivity contribution in [3.8, 4) is 0 Å². The van der Waals surface area contributed by atoms with Gasteiger partial charge in [-0.2, -0.15) is 0 Å². The van der Waals surface area contributed by atoms with E-state index >= 15 is 0 Å². The fourth-order valence-corrected chi connectivity index (χ4v) is 3.22. The summed E-state index contributed by atoms with van der Waals surface area (Å²) in [7, 11) is 2.10. The van der Waals surface area contributed by atoms with E-state index in [2.05, 4.69) is 43.2 Å². The van der Waals surface area contributed by atoms with Gasteiger partial charge in [-0.25, -0.2) is 0 Å². The van der Waals surface area contributed by atoms with Crippen LogP contribution in [-0.4, -0.2) is 42.1 Å². The molecule has 0 spiro atoms. The lowest BCUT2D eigenvalue weighted by Gasteiger charge is -2.31. The number of hydrogen-bond donors (Lipinski definition) is 1. The second-order valence-corrected chi connectivity index (χ2v) is 7.66. The zero-order valence-electron chi connectivity index (χ0n) is 13.3. The molecule has 3 rings (SSSR count). The van der Waals surface area contributed by atoms with Gasteiger partial charge in [-0.15, -0.1) is 0 Å². The van der Waals surface area contributed by atoms with E-state index in [0.717, 1.165) is 31.7 Å². The number of carbonyl (C=O) groups excluding carboxylic acids is 1. The summed E-state index contributed by atoms with van der Waals surface area (Å²) in [5, 5.41) is 7.08. The maximum absolute atomic E-state index is 12.4. The first kappa shape index (κ1) is 14.6. The summed E-state index contributed by atoms with van der Waals surface area (Å²) in [6.07, 6.45) is 2.30. The summed E-state index contributed by atoms with van der Waals surface area (Å²) in [5.41, 5.74) is 0.588. The Kier molecular flexibility index (Phi) is 3.56. The summed E-state index contributed by atoms with van der Waals surface area (Å²) in [4.78, 5) is 14.7. The van der Waals surface area contributed by atoms with Crippen molar-refractivity contribution in [1.29, 1.82) is 0 Å². The minimum absolute atomic E-state index is 0.111. The highest BCUT2D eigenvalue weighted by molar-refractivity contribution is 5.92. The van der Waals surface area contributed by atoms with E-state index in [1.807, 2.05) is 0 Å². The number of rotatable bonds is 3. The summed E-state index contributed by atoms with van der Waals surface area (Å²) < 4.78 is 5.27. The maximum Gasteiger partial charge on any atom is 0.273 e. The molecular formula is C16H25N3O2. The largest absolute Gasteiger partial charge is 0.360 e. The summed E-state index contributed by atoms with van der Waals surface area (Å²) in [6.45, 7) is 8.60. The Labute approximate surface area is 126 Å². The van der Waals surface area contributed by atoms with Gasteiger partial charge < -0.3 is 14.7 Å². The molecule has 2 unspecified atom stereocenters. The van der Waals surface area contributed by atoms with Crippen LogP contribution in [0.2, 0.25) is 0 Å². The molecule has 21 heavy (non-hydrogen) atoms. The van der Waals surface area contributed by atoms with Gasteiger partial charge in [0.2, 0.25) is 0 Å². The van der Waals surface area contributed by atoms with Crippen LogP contribution in [0.4, 0.5) is 0 Å². The Balaban J connectivity index is 1.67. The van der Waals surface area contributed by atoms with Crippen molar-refractivity contribution in [1.82, 2.24) is 15.4 Å². The van der Waals surface area contributed by atoms with E-state index in [-0.39, 0.29) is 17.4 Å². The Morgan fingerprint density at radius 1 is 1.38 bits per heavy atom. The van der Waals surface area contributed by atoms with Gasteiger partial charge in [0.05, 0.1) is 0 Å². The van der Waals surface area contributed by atoms with E-state index in [0.29, 0.717) is 17.5 Å². The summed E-state index contributed by atoms with van der Waals surface area (Å²) >= 11 is 0. The number of likely N-dealkylation sites (tertiary alicyclic amines) is 1. The SMILES string of the molecule is CN1CC(NC(=O)c2cc(C3CC3)on2)C(C(C)(C)C)C1. The van der Waals surface area contributed by atoms with Crippen molar-refractivity contribution in [3.63, 3.8) is 0 Å². The highest BCUT2D eigenvalue weighted by atomic mass is 16.5. The molecule has 2 aliphatic rings.